The molecular formula is C17H19N5O4S2. The Morgan fingerprint density at radius 3 is 2.68 bits per heavy atom. The van der Waals surface area contributed by atoms with E-state index < -0.39 is 18.0 Å². The van der Waals surface area contributed by atoms with Gasteiger partial charge in [0.1, 0.15) is 5.75 Å². The lowest BCUT2D eigenvalue weighted by Crippen LogP contribution is -2.46. The summed E-state index contributed by atoms with van der Waals surface area (Å²) in [6, 6.07) is 6.08. The Hall–Kier alpha value is -2.79. The number of ether oxygens (including phenoxy) is 2. The fourth-order valence-corrected chi connectivity index (χ4v) is 4.25. The third-order valence-electron chi connectivity index (χ3n) is 3.86. The van der Waals surface area contributed by atoms with E-state index in [-0.39, 0.29) is 6.61 Å². The number of urea groups is 1. The number of methoxy groups -OCH3 is 1. The Bertz CT molecular complexity index is 897. The quantitative estimate of drug-likeness (QED) is 0.458. The summed E-state index contributed by atoms with van der Waals surface area (Å²) in [7, 11) is 1.57. The van der Waals surface area contributed by atoms with E-state index in [9.17, 15) is 9.59 Å². The van der Waals surface area contributed by atoms with Crippen molar-refractivity contribution in [3.8, 4) is 5.75 Å². The molecule has 1 aromatic heterocycles. The number of esters is 1. The van der Waals surface area contributed by atoms with Crippen molar-refractivity contribution >= 4 is 40.2 Å². The van der Waals surface area contributed by atoms with E-state index in [0.717, 1.165) is 5.56 Å². The number of hydrogen-bond donors (Lipinski definition) is 3. The van der Waals surface area contributed by atoms with Gasteiger partial charge in [0.15, 0.2) is 4.34 Å². The van der Waals surface area contributed by atoms with Crippen LogP contribution in [0.2, 0.25) is 0 Å². The molecule has 0 spiro atoms. The molecule has 0 fully saturated rings. The van der Waals surface area contributed by atoms with Gasteiger partial charge in [-0.1, -0.05) is 35.2 Å². The molecule has 9 nitrogen and oxygen atoms in total. The number of hydrogen-bond acceptors (Lipinski definition) is 9. The first-order chi connectivity index (χ1) is 13.5. The molecule has 1 aliphatic heterocycles. The zero-order valence-corrected chi connectivity index (χ0v) is 16.9. The van der Waals surface area contributed by atoms with Crippen LogP contribution in [0.5, 0.6) is 5.75 Å². The number of thioether (sulfide) groups is 1. The van der Waals surface area contributed by atoms with Gasteiger partial charge >= 0.3 is 12.0 Å². The molecule has 0 aliphatic carbocycles. The van der Waals surface area contributed by atoms with Crippen LogP contribution in [0.15, 0.2) is 39.9 Å². The molecule has 11 heteroatoms. The van der Waals surface area contributed by atoms with Crippen LogP contribution in [0, 0.1) is 0 Å². The van der Waals surface area contributed by atoms with Crippen molar-refractivity contribution in [2.75, 3.05) is 25.2 Å². The summed E-state index contributed by atoms with van der Waals surface area (Å²) < 4.78 is 11.0. The van der Waals surface area contributed by atoms with E-state index in [1.807, 2.05) is 0 Å². The first-order valence-electron chi connectivity index (χ1n) is 8.35. The summed E-state index contributed by atoms with van der Waals surface area (Å²) in [6.45, 7) is 1.95. The molecular weight excluding hydrogens is 402 g/mol. The van der Waals surface area contributed by atoms with Crippen LogP contribution in [0.25, 0.3) is 0 Å². The highest BCUT2D eigenvalue weighted by Crippen LogP contribution is 2.32. The van der Waals surface area contributed by atoms with Gasteiger partial charge in [0.25, 0.3) is 0 Å². The Morgan fingerprint density at radius 2 is 2.07 bits per heavy atom. The molecule has 0 saturated heterocycles. The molecule has 2 amide bonds. The number of nitrogens with zero attached hydrogens (tertiary/aromatic N) is 2. The number of nitrogens with two attached hydrogens (primary N) is 1. The van der Waals surface area contributed by atoms with Crippen LogP contribution >= 0.6 is 23.1 Å². The normalized spacial score (nSPS) is 16.4. The molecule has 1 aromatic carbocycles. The number of benzene rings is 1. The smallest absolute Gasteiger partial charge is 0.338 e. The van der Waals surface area contributed by atoms with Gasteiger partial charge in [-0.2, -0.15) is 0 Å². The summed E-state index contributed by atoms with van der Waals surface area (Å²) in [6.07, 6.45) is 0. The van der Waals surface area contributed by atoms with Gasteiger partial charge in [-0.05, 0) is 24.6 Å². The van der Waals surface area contributed by atoms with Crippen molar-refractivity contribution in [3.05, 3.63) is 41.1 Å². The second-order valence-electron chi connectivity index (χ2n) is 5.61. The van der Waals surface area contributed by atoms with Crippen molar-refractivity contribution in [1.29, 1.82) is 0 Å². The third kappa shape index (κ3) is 4.54. The zero-order chi connectivity index (χ0) is 20.1. The van der Waals surface area contributed by atoms with Crippen LogP contribution in [0.3, 0.4) is 0 Å². The van der Waals surface area contributed by atoms with Crippen molar-refractivity contribution in [2.24, 2.45) is 0 Å². The largest absolute Gasteiger partial charge is 0.497 e. The maximum atomic E-state index is 12.7. The van der Waals surface area contributed by atoms with Gasteiger partial charge in [0, 0.05) is 11.4 Å². The van der Waals surface area contributed by atoms with Gasteiger partial charge < -0.3 is 25.8 Å². The van der Waals surface area contributed by atoms with E-state index in [0.29, 0.717) is 32.2 Å². The standard InChI is InChI=1S/C17H19N5O4S2/c1-3-26-14(23)12-11(8-27-17-22-21-15(18)28-17)19-16(24)20-13(12)9-4-6-10(25-2)7-5-9/h4-7,13H,3,8H2,1-2H3,(H2,18,21)(H2,19,20,24). The van der Waals surface area contributed by atoms with E-state index in [2.05, 4.69) is 20.8 Å². The number of carbonyl (C=O) groups excluding carboxylic acids is 2. The summed E-state index contributed by atoms with van der Waals surface area (Å²) in [5.74, 6) is 0.488. The summed E-state index contributed by atoms with van der Waals surface area (Å²) in [4.78, 5) is 24.9. The van der Waals surface area contributed by atoms with Gasteiger partial charge in [-0.25, -0.2) is 9.59 Å². The van der Waals surface area contributed by atoms with Crippen LogP contribution < -0.4 is 21.1 Å². The topological polar surface area (TPSA) is 128 Å². The average molecular weight is 422 g/mol. The molecule has 1 atom stereocenters. The minimum absolute atomic E-state index is 0.221. The van der Waals surface area contributed by atoms with E-state index >= 15 is 0 Å². The molecule has 3 rings (SSSR count). The lowest BCUT2D eigenvalue weighted by atomic mass is 9.95. The number of carbonyl (C=O) groups is 2. The van der Waals surface area contributed by atoms with Gasteiger partial charge in [0.05, 0.1) is 25.3 Å². The van der Waals surface area contributed by atoms with Crippen LogP contribution in [0.1, 0.15) is 18.5 Å². The highest BCUT2D eigenvalue weighted by atomic mass is 32.2. The molecule has 1 aliphatic rings. The molecule has 0 saturated carbocycles. The lowest BCUT2D eigenvalue weighted by molar-refractivity contribution is -0.139. The number of rotatable bonds is 7. The Labute approximate surface area is 169 Å². The van der Waals surface area contributed by atoms with Crippen molar-refractivity contribution in [2.45, 2.75) is 17.3 Å². The summed E-state index contributed by atoms with van der Waals surface area (Å²) in [5.41, 5.74) is 7.14. The number of aromatic nitrogens is 2. The van der Waals surface area contributed by atoms with Gasteiger partial charge in [0.2, 0.25) is 5.13 Å². The lowest BCUT2D eigenvalue weighted by Gasteiger charge is -2.29. The van der Waals surface area contributed by atoms with Crippen molar-refractivity contribution in [1.82, 2.24) is 20.8 Å². The number of amides is 2. The fourth-order valence-electron chi connectivity index (χ4n) is 2.64. The van der Waals surface area contributed by atoms with E-state index in [1.54, 1.807) is 38.3 Å². The first kappa shape index (κ1) is 20.0. The monoisotopic (exact) mass is 421 g/mol. The number of nitrogens with one attached hydrogen (secondary N) is 2. The fraction of sp³-hybridized carbons (Fsp3) is 0.294. The minimum atomic E-state index is -0.645. The summed E-state index contributed by atoms with van der Waals surface area (Å²) >= 11 is 2.56. The summed E-state index contributed by atoms with van der Waals surface area (Å²) in [5, 5.41) is 13.6. The zero-order valence-electron chi connectivity index (χ0n) is 15.2. The molecule has 0 bridgehead atoms. The number of nitrogen functional groups attached to an aromatic ring is 1. The van der Waals surface area contributed by atoms with Crippen LogP contribution in [0.4, 0.5) is 9.93 Å². The Morgan fingerprint density at radius 1 is 1.32 bits per heavy atom. The molecule has 1 unspecified atom stereocenters. The molecule has 2 heterocycles. The van der Waals surface area contributed by atoms with E-state index in [4.69, 9.17) is 15.2 Å². The SMILES string of the molecule is CCOC(=O)C1=C(CSc2nnc(N)s2)NC(=O)NC1c1ccc(OC)cc1. The highest BCUT2D eigenvalue weighted by molar-refractivity contribution is 8.01. The van der Waals surface area contributed by atoms with Crippen molar-refractivity contribution in [3.63, 3.8) is 0 Å². The van der Waals surface area contributed by atoms with Crippen LogP contribution in [-0.4, -0.2) is 41.7 Å². The predicted molar refractivity (Wildman–Crippen MR) is 106 cm³/mol. The third-order valence-corrected chi connectivity index (χ3v) is 5.77. The predicted octanol–water partition coefficient (Wildman–Crippen LogP) is 2.09. The second-order valence-corrected chi connectivity index (χ2v) is 7.84. The minimum Gasteiger partial charge on any atom is -0.497 e. The number of anilines is 1. The first-order valence-corrected chi connectivity index (χ1v) is 10.2. The second kappa shape index (κ2) is 8.93. The van der Waals surface area contributed by atoms with E-state index in [1.165, 1.54) is 23.1 Å². The molecule has 2 aromatic rings. The Kier molecular flexibility index (Phi) is 6.37. The van der Waals surface area contributed by atoms with Crippen molar-refractivity contribution < 1.29 is 19.1 Å². The maximum Gasteiger partial charge on any atom is 0.338 e. The molecule has 0 radical (unpaired) electrons. The Balaban J connectivity index is 1.95. The molecule has 28 heavy (non-hydrogen) atoms. The maximum absolute atomic E-state index is 12.7. The van der Waals surface area contributed by atoms with Gasteiger partial charge in [-0.3, -0.25) is 0 Å². The van der Waals surface area contributed by atoms with Gasteiger partial charge in [-0.15, -0.1) is 10.2 Å². The molecule has 148 valence electrons. The highest BCUT2D eigenvalue weighted by Gasteiger charge is 2.33. The molecule has 4 N–H and O–H groups in total. The van der Waals surface area contributed by atoms with Crippen LogP contribution in [-0.2, 0) is 9.53 Å². The average Bonchev–Trinajstić information content (AvgIpc) is 3.11.